The summed E-state index contributed by atoms with van der Waals surface area (Å²) in [5.74, 6) is -0.338. The van der Waals surface area contributed by atoms with Crippen LogP contribution in [0, 0.1) is 0 Å². The summed E-state index contributed by atoms with van der Waals surface area (Å²) in [6, 6.07) is 17.5. The van der Waals surface area contributed by atoms with Crippen LogP contribution >= 0.6 is 39.1 Å². The van der Waals surface area contributed by atoms with Gasteiger partial charge in [-0.25, -0.2) is 13.2 Å². The molecule has 194 valence electrons. The minimum absolute atomic E-state index is 0.00629. The minimum atomic E-state index is -4.05. The van der Waals surface area contributed by atoms with Gasteiger partial charge in [0.2, 0.25) is 0 Å². The number of nitrogens with one attached hydrogen (secondary N) is 1. The Morgan fingerprint density at radius 3 is 2.11 bits per heavy atom. The summed E-state index contributed by atoms with van der Waals surface area (Å²) in [6.07, 6.45) is 0. The van der Waals surface area contributed by atoms with Gasteiger partial charge in [-0.2, -0.15) is 0 Å². The first-order valence-corrected chi connectivity index (χ1v) is 14.2. The topological polar surface area (TPSA) is 90.0 Å². The molecule has 0 spiro atoms. The number of hydrogen-bond acceptors (Lipinski definition) is 4. The molecule has 37 heavy (non-hydrogen) atoms. The third-order valence-electron chi connectivity index (χ3n) is 5.96. The highest BCUT2D eigenvalue weighted by atomic mass is 79.9. The summed E-state index contributed by atoms with van der Waals surface area (Å²) in [5, 5.41) is 3.33. The molecular weight excluding hydrogens is 603 g/mol. The number of carbonyl (C=O) groups excluding carboxylic acids is 2. The Bertz CT molecular complexity index is 1410. The van der Waals surface area contributed by atoms with E-state index in [-0.39, 0.29) is 27.4 Å². The maximum atomic E-state index is 13.3. The van der Waals surface area contributed by atoms with Gasteiger partial charge in [-0.05, 0) is 66.7 Å². The molecule has 4 rings (SSSR count). The summed E-state index contributed by atoms with van der Waals surface area (Å²) in [4.78, 5) is 28.8. The van der Waals surface area contributed by atoms with Crippen LogP contribution in [0.15, 0.2) is 76.1 Å². The van der Waals surface area contributed by atoms with Crippen LogP contribution in [-0.4, -0.2) is 63.4 Å². The lowest BCUT2D eigenvalue weighted by Gasteiger charge is -2.34. The van der Waals surface area contributed by atoms with E-state index in [0.29, 0.717) is 42.6 Å². The number of nitrogens with zero attached hydrogens (tertiary/aromatic N) is 3. The molecule has 0 aromatic heterocycles. The Morgan fingerprint density at radius 2 is 1.49 bits per heavy atom. The van der Waals surface area contributed by atoms with E-state index < -0.39 is 10.0 Å². The van der Waals surface area contributed by atoms with E-state index >= 15 is 0 Å². The number of amides is 3. The van der Waals surface area contributed by atoms with Gasteiger partial charge in [-0.1, -0.05) is 39.1 Å². The van der Waals surface area contributed by atoms with Crippen molar-refractivity contribution in [3.63, 3.8) is 0 Å². The third-order valence-corrected chi connectivity index (χ3v) is 9.00. The lowest BCUT2D eigenvalue weighted by molar-refractivity contribution is 0.0671. The van der Waals surface area contributed by atoms with Crippen molar-refractivity contribution in [2.24, 2.45) is 0 Å². The number of anilines is 2. The Hall–Kier alpha value is -2.79. The summed E-state index contributed by atoms with van der Waals surface area (Å²) in [7, 11) is -2.65. The van der Waals surface area contributed by atoms with Crippen molar-refractivity contribution in [3.8, 4) is 0 Å². The zero-order valence-corrected chi connectivity index (χ0v) is 23.6. The third kappa shape index (κ3) is 6.20. The van der Waals surface area contributed by atoms with Crippen LogP contribution in [0.4, 0.5) is 16.2 Å². The van der Waals surface area contributed by atoms with Crippen molar-refractivity contribution in [2.45, 2.75) is 4.90 Å². The smallest absolute Gasteiger partial charge is 0.321 e. The highest BCUT2D eigenvalue weighted by Gasteiger charge is 2.28. The van der Waals surface area contributed by atoms with Crippen molar-refractivity contribution in [1.29, 1.82) is 0 Å². The molecule has 0 bridgehead atoms. The van der Waals surface area contributed by atoms with E-state index in [9.17, 15) is 18.0 Å². The van der Waals surface area contributed by atoms with Gasteiger partial charge in [0.1, 0.15) is 4.90 Å². The average molecular weight is 626 g/mol. The summed E-state index contributed by atoms with van der Waals surface area (Å²) in [6.45, 7) is 1.29. The maximum absolute atomic E-state index is 13.3. The number of sulfonamides is 1. The van der Waals surface area contributed by atoms with E-state index in [2.05, 4.69) is 21.2 Å². The molecule has 12 heteroatoms. The van der Waals surface area contributed by atoms with Crippen molar-refractivity contribution >= 4 is 72.5 Å². The van der Waals surface area contributed by atoms with E-state index in [1.807, 2.05) is 12.1 Å². The Balaban J connectivity index is 1.44. The van der Waals surface area contributed by atoms with Gasteiger partial charge in [0.05, 0.1) is 10.7 Å². The number of benzene rings is 3. The summed E-state index contributed by atoms with van der Waals surface area (Å²) >= 11 is 15.5. The molecule has 1 aliphatic heterocycles. The van der Waals surface area contributed by atoms with Crippen LogP contribution in [0.5, 0.6) is 0 Å². The standard InChI is InChI=1S/C25H23BrCl2N4O4S/c1-30(21-9-5-19(27)6-10-21)37(35,36)23-16-17(2-11-22(23)28)24(33)31-12-14-32(15-13-31)25(34)29-20-7-3-18(26)4-8-20/h2-11,16H,12-15H2,1H3,(H,29,34). The Kier molecular flexibility index (Phi) is 8.33. The molecule has 1 aliphatic rings. The highest BCUT2D eigenvalue weighted by molar-refractivity contribution is 9.10. The normalized spacial score (nSPS) is 13.8. The maximum Gasteiger partial charge on any atom is 0.321 e. The van der Waals surface area contributed by atoms with Crippen LogP contribution in [0.2, 0.25) is 10.0 Å². The van der Waals surface area contributed by atoms with Crippen LogP contribution < -0.4 is 9.62 Å². The van der Waals surface area contributed by atoms with Crippen LogP contribution in [0.1, 0.15) is 10.4 Å². The van der Waals surface area contributed by atoms with Crippen molar-refractivity contribution in [3.05, 3.63) is 86.8 Å². The van der Waals surface area contributed by atoms with Gasteiger partial charge >= 0.3 is 6.03 Å². The molecule has 1 saturated heterocycles. The van der Waals surface area contributed by atoms with Gasteiger partial charge in [0, 0.05) is 54.0 Å². The van der Waals surface area contributed by atoms with Crippen molar-refractivity contribution in [2.75, 3.05) is 42.8 Å². The molecule has 0 radical (unpaired) electrons. The van der Waals surface area contributed by atoms with E-state index in [0.717, 1.165) is 8.78 Å². The number of urea groups is 1. The lowest BCUT2D eigenvalue weighted by Crippen LogP contribution is -2.51. The van der Waals surface area contributed by atoms with E-state index in [1.54, 1.807) is 46.2 Å². The number of halogens is 3. The van der Waals surface area contributed by atoms with Gasteiger partial charge in [-0.3, -0.25) is 9.10 Å². The van der Waals surface area contributed by atoms with Gasteiger partial charge in [0.25, 0.3) is 15.9 Å². The predicted molar refractivity (Wildman–Crippen MR) is 149 cm³/mol. The van der Waals surface area contributed by atoms with Crippen molar-refractivity contribution < 1.29 is 18.0 Å². The Morgan fingerprint density at radius 1 is 0.892 bits per heavy atom. The fourth-order valence-corrected chi connectivity index (χ4v) is 5.89. The number of hydrogen-bond donors (Lipinski definition) is 1. The molecule has 1 fully saturated rings. The quantitative estimate of drug-likeness (QED) is 0.401. The molecule has 3 aromatic rings. The Labute approximate surface area is 233 Å². The number of carbonyl (C=O) groups is 2. The van der Waals surface area contributed by atoms with Crippen LogP contribution in [0.25, 0.3) is 0 Å². The fourth-order valence-electron chi connectivity index (χ4n) is 3.80. The number of rotatable bonds is 5. The second-order valence-electron chi connectivity index (χ2n) is 8.31. The molecule has 0 atom stereocenters. The van der Waals surface area contributed by atoms with E-state index in [1.165, 1.54) is 25.2 Å². The zero-order chi connectivity index (χ0) is 26.7. The summed E-state index contributed by atoms with van der Waals surface area (Å²) < 4.78 is 28.6. The van der Waals surface area contributed by atoms with Gasteiger partial charge in [-0.15, -0.1) is 0 Å². The molecule has 3 aromatic carbocycles. The molecule has 1 N–H and O–H groups in total. The van der Waals surface area contributed by atoms with Gasteiger partial charge < -0.3 is 15.1 Å². The first kappa shape index (κ1) is 27.3. The molecule has 0 unspecified atom stereocenters. The second-order valence-corrected chi connectivity index (χ2v) is 12.0. The molecule has 8 nitrogen and oxygen atoms in total. The SMILES string of the molecule is CN(c1ccc(Cl)cc1)S(=O)(=O)c1cc(C(=O)N2CCN(C(=O)Nc3ccc(Br)cc3)CC2)ccc1Cl. The summed E-state index contributed by atoms with van der Waals surface area (Å²) in [5.41, 5.74) is 1.26. The first-order valence-electron chi connectivity index (χ1n) is 11.2. The first-order chi connectivity index (χ1) is 17.6. The minimum Gasteiger partial charge on any atom is -0.335 e. The largest absolute Gasteiger partial charge is 0.335 e. The lowest BCUT2D eigenvalue weighted by atomic mass is 10.2. The van der Waals surface area contributed by atoms with Crippen molar-refractivity contribution in [1.82, 2.24) is 9.80 Å². The molecule has 0 saturated carbocycles. The second kappa shape index (κ2) is 11.3. The van der Waals surface area contributed by atoms with Crippen LogP contribution in [0.3, 0.4) is 0 Å². The monoisotopic (exact) mass is 624 g/mol. The highest BCUT2D eigenvalue weighted by Crippen LogP contribution is 2.29. The molecular formula is C25H23BrCl2N4O4S. The van der Waals surface area contributed by atoms with E-state index in [4.69, 9.17) is 23.2 Å². The fraction of sp³-hybridized carbons (Fsp3) is 0.200. The average Bonchev–Trinajstić information content (AvgIpc) is 2.90. The molecule has 1 heterocycles. The number of piperazine rings is 1. The molecule has 3 amide bonds. The van der Waals surface area contributed by atoms with Crippen LogP contribution in [-0.2, 0) is 10.0 Å². The van der Waals surface area contributed by atoms with Gasteiger partial charge in [0.15, 0.2) is 0 Å². The molecule has 0 aliphatic carbocycles. The predicted octanol–water partition coefficient (Wildman–Crippen LogP) is 5.57. The zero-order valence-electron chi connectivity index (χ0n) is 19.7.